The van der Waals surface area contributed by atoms with Crippen LogP contribution in [0, 0.1) is 0 Å². The Morgan fingerprint density at radius 1 is 1.25 bits per heavy atom. The zero-order chi connectivity index (χ0) is 14.6. The fraction of sp³-hybridized carbons (Fsp3) is 0.385. The SMILES string of the molecule is CCCn1nccc1CNc1ccc(C(F)(F)F)nc1. The Labute approximate surface area is 114 Å². The van der Waals surface area contributed by atoms with E-state index in [1.54, 1.807) is 6.20 Å². The number of aromatic nitrogens is 3. The second-order valence-electron chi connectivity index (χ2n) is 4.33. The predicted octanol–water partition coefficient (Wildman–Crippen LogP) is 3.32. The van der Waals surface area contributed by atoms with E-state index in [-0.39, 0.29) is 0 Å². The Bertz CT molecular complexity index is 545. The van der Waals surface area contributed by atoms with Crippen LogP contribution in [0.1, 0.15) is 24.7 Å². The maximum absolute atomic E-state index is 12.4. The molecule has 2 heterocycles. The van der Waals surface area contributed by atoms with Gasteiger partial charge in [0.1, 0.15) is 5.69 Å². The molecule has 0 amide bonds. The van der Waals surface area contributed by atoms with Gasteiger partial charge in [-0.1, -0.05) is 6.92 Å². The van der Waals surface area contributed by atoms with Crippen molar-refractivity contribution < 1.29 is 13.2 Å². The van der Waals surface area contributed by atoms with E-state index in [9.17, 15) is 13.2 Å². The fourth-order valence-electron chi connectivity index (χ4n) is 1.78. The lowest BCUT2D eigenvalue weighted by atomic mass is 10.3. The molecule has 7 heteroatoms. The summed E-state index contributed by atoms with van der Waals surface area (Å²) in [6, 6.07) is 4.21. The number of alkyl halides is 3. The largest absolute Gasteiger partial charge is 0.433 e. The molecule has 0 aliphatic heterocycles. The lowest BCUT2D eigenvalue weighted by molar-refractivity contribution is -0.141. The van der Waals surface area contributed by atoms with Gasteiger partial charge in [-0.05, 0) is 24.6 Å². The molecule has 1 N–H and O–H groups in total. The second-order valence-corrected chi connectivity index (χ2v) is 4.33. The van der Waals surface area contributed by atoms with Gasteiger partial charge in [-0.25, -0.2) is 4.98 Å². The highest BCUT2D eigenvalue weighted by molar-refractivity contribution is 5.41. The van der Waals surface area contributed by atoms with E-state index in [0.29, 0.717) is 12.2 Å². The normalized spacial score (nSPS) is 11.6. The van der Waals surface area contributed by atoms with Crippen LogP contribution in [-0.2, 0) is 19.3 Å². The molecule has 2 rings (SSSR count). The first-order chi connectivity index (χ1) is 9.50. The van der Waals surface area contributed by atoms with Crippen LogP contribution in [0.25, 0.3) is 0 Å². The van der Waals surface area contributed by atoms with Crippen LogP contribution in [-0.4, -0.2) is 14.8 Å². The first-order valence-electron chi connectivity index (χ1n) is 6.28. The smallest absolute Gasteiger partial charge is 0.378 e. The molecule has 0 saturated carbocycles. The number of aryl methyl sites for hydroxylation is 1. The van der Waals surface area contributed by atoms with Gasteiger partial charge in [0, 0.05) is 12.7 Å². The molecule has 2 aromatic rings. The summed E-state index contributed by atoms with van der Waals surface area (Å²) in [6.45, 7) is 3.36. The highest BCUT2D eigenvalue weighted by Gasteiger charge is 2.31. The van der Waals surface area contributed by atoms with Crippen molar-refractivity contribution >= 4 is 5.69 Å². The molecule has 0 bridgehead atoms. The highest BCUT2D eigenvalue weighted by atomic mass is 19.4. The summed E-state index contributed by atoms with van der Waals surface area (Å²) < 4.78 is 39.0. The van der Waals surface area contributed by atoms with Gasteiger partial charge in [0.05, 0.1) is 24.1 Å². The van der Waals surface area contributed by atoms with Crippen molar-refractivity contribution in [1.82, 2.24) is 14.8 Å². The standard InChI is InChI=1S/C13H15F3N4/c1-2-7-20-11(5-6-19-20)9-17-10-3-4-12(18-8-10)13(14,15)16/h3-6,8,17H,2,7,9H2,1H3. The number of halogens is 3. The van der Waals surface area contributed by atoms with Crippen molar-refractivity contribution in [3.63, 3.8) is 0 Å². The molecule has 0 aliphatic rings. The Hall–Kier alpha value is -2.05. The van der Waals surface area contributed by atoms with Gasteiger partial charge in [-0.2, -0.15) is 18.3 Å². The van der Waals surface area contributed by atoms with Gasteiger partial charge in [0.2, 0.25) is 0 Å². The second kappa shape index (κ2) is 5.94. The average molecular weight is 284 g/mol. The van der Waals surface area contributed by atoms with Gasteiger partial charge in [0.25, 0.3) is 0 Å². The number of hydrogen-bond donors (Lipinski definition) is 1. The van der Waals surface area contributed by atoms with E-state index in [4.69, 9.17) is 0 Å². The monoisotopic (exact) mass is 284 g/mol. The van der Waals surface area contributed by atoms with Crippen molar-refractivity contribution in [3.05, 3.63) is 42.0 Å². The fourth-order valence-corrected chi connectivity index (χ4v) is 1.78. The molecule has 0 unspecified atom stereocenters. The molecule has 108 valence electrons. The van der Waals surface area contributed by atoms with Crippen LogP contribution < -0.4 is 5.32 Å². The molecule has 4 nitrogen and oxygen atoms in total. The molecule has 2 aromatic heterocycles. The topological polar surface area (TPSA) is 42.7 Å². The van der Waals surface area contributed by atoms with Crippen LogP contribution >= 0.6 is 0 Å². The third kappa shape index (κ3) is 3.49. The summed E-state index contributed by atoms with van der Waals surface area (Å²) in [5.41, 5.74) is 0.632. The molecular weight excluding hydrogens is 269 g/mol. The number of pyridine rings is 1. The number of nitrogens with one attached hydrogen (secondary N) is 1. The Morgan fingerprint density at radius 3 is 2.65 bits per heavy atom. The van der Waals surface area contributed by atoms with Gasteiger partial charge >= 0.3 is 6.18 Å². The summed E-state index contributed by atoms with van der Waals surface area (Å²) >= 11 is 0. The quantitative estimate of drug-likeness (QED) is 0.916. The molecule has 0 aliphatic carbocycles. The molecule has 0 saturated heterocycles. The van der Waals surface area contributed by atoms with Gasteiger partial charge in [-0.3, -0.25) is 4.68 Å². The summed E-state index contributed by atoms with van der Waals surface area (Å²) in [5.74, 6) is 0. The number of hydrogen-bond acceptors (Lipinski definition) is 3. The van der Waals surface area contributed by atoms with Crippen LogP contribution in [0.2, 0.25) is 0 Å². The third-order valence-corrected chi connectivity index (χ3v) is 2.77. The van der Waals surface area contributed by atoms with Gasteiger partial charge in [0.15, 0.2) is 0 Å². The minimum absolute atomic E-state index is 0.493. The van der Waals surface area contributed by atoms with Crippen LogP contribution in [0.3, 0.4) is 0 Å². The Morgan fingerprint density at radius 2 is 2.05 bits per heavy atom. The molecule has 0 radical (unpaired) electrons. The van der Waals surface area contributed by atoms with Gasteiger partial charge in [-0.15, -0.1) is 0 Å². The van der Waals surface area contributed by atoms with Gasteiger partial charge < -0.3 is 5.32 Å². The number of rotatable bonds is 5. The first-order valence-corrected chi connectivity index (χ1v) is 6.28. The van der Waals surface area contributed by atoms with Crippen LogP contribution in [0.5, 0.6) is 0 Å². The van der Waals surface area contributed by atoms with Crippen molar-refractivity contribution in [2.75, 3.05) is 5.32 Å². The summed E-state index contributed by atoms with van der Waals surface area (Å²) in [7, 11) is 0. The highest BCUT2D eigenvalue weighted by Crippen LogP contribution is 2.27. The van der Waals surface area contributed by atoms with E-state index >= 15 is 0 Å². The summed E-state index contributed by atoms with van der Waals surface area (Å²) in [4.78, 5) is 3.40. The first kappa shape index (κ1) is 14.4. The molecule has 0 spiro atoms. The zero-order valence-corrected chi connectivity index (χ0v) is 11.0. The zero-order valence-electron chi connectivity index (χ0n) is 11.0. The predicted molar refractivity (Wildman–Crippen MR) is 69.1 cm³/mol. The van der Waals surface area contributed by atoms with Crippen molar-refractivity contribution in [1.29, 1.82) is 0 Å². The minimum Gasteiger partial charge on any atom is -0.378 e. The lowest BCUT2D eigenvalue weighted by Crippen LogP contribution is -2.10. The van der Waals surface area contributed by atoms with E-state index in [2.05, 4.69) is 22.3 Å². The maximum Gasteiger partial charge on any atom is 0.433 e. The van der Waals surface area contributed by atoms with Crippen LogP contribution in [0.4, 0.5) is 18.9 Å². The molecular formula is C13H15F3N4. The van der Waals surface area contributed by atoms with E-state index in [1.165, 1.54) is 12.3 Å². The molecule has 20 heavy (non-hydrogen) atoms. The summed E-state index contributed by atoms with van der Waals surface area (Å²) in [6.07, 6.45) is -0.546. The maximum atomic E-state index is 12.4. The number of nitrogens with zero attached hydrogens (tertiary/aromatic N) is 3. The van der Waals surface area contributed by atoms with Crippen LogP contribution in [0.15, 0.2) is 30.6 Å². The molecule has 0 fully saturated rings. The van der Waals surface area contributed by atoms with Crippen molar-refractivity contribution in [3.8, 4) is 0 Å². The lowest BCUT2D eigenvalue weighted by Gasteiger charge is -2.10. The number of anilines is 1. The Balaban J connectivity index is 1.99. The third-order valence-electron chi connectivity index (χ3n) is 2.77. The molecule has 0 aromatic carbocycles. The van der Waals surface area contributed by atoms with E-state index < -0.39 is 11.9 Å². The molecule has 0 atom stereocenters. The Kier molecular flexibility index (Phi) is 4.26. The van der Waals surface area contributed by atoms with E-state index in [0.717, 1.165) is 24.7 Å². The minimum atomic E-state index is -4.40. The summed E-state index contributed by atoms with van der Waals surface area (Å²) in [5, 5.41) is 7.21. The van der Waals surface area contributed by atoms with Crippen molar-refractivity contribution in [2.45, 2.75) is 32.6 Å². The average Bonchev–Trinajstić information content (AvgIpc) is 2.84. The van der Waals surface area contributed by atoms with Crippen molar-refractivity contribution in [2.24, 2.45) is 0 Å². The van der Waals surface area contributed by atoms with E-state index in [1.807, 2.05) is 10.7 Å².